The van der Waals surface area contributed by atoms with Crippen LogP contribution in [-0.4, -0.2) is 92.1 Å². The topological polar surface area (TPSA) is 55.4 Å². The summed E-state index contributed by atoms with van der Waals surface area (Å²) in [5.74, 6) is 0. The van der Waals surface area contributed by atoms with Crippen LogP contribution < -0.4 is 0 Å². The SMILES string of the molecule is CCC[CH2][Sn][CH2]CCC.CO[Si](CCC=S)(OC)OC.CO[Si](CCC=S)(OC)OC. The molecule has 0 unspecified atom stereocenters. The van der Waals surface area contributed by atoms with Gasteiger partial charge in [0, 0.05) is 54.7 Å². The molecule has 6 nitrogen and oxygen atoms in total. The third-order valence-corrected chi connectivity index (χ3v) is 14.5. The fourth-order valence-electron chi connectivity index (χ4n) is 2.31. The molecule has 0 amide bonds. The summed E-state index contributed by atoms with van der Waals surface area (Å²) in [5, 5.41) is 3.33. The maximum absolute atomic E-state index is 5.17. The van der Waals surface area contributed by atoms with Crippen molar-refractivity contribution in [1.82, 2.24) is 0 Å². The van der Waals surface area contributed by atoms with Gasteiger partial charge in [-0.3, -0.25) is 0 Å². The van der Waals surface area contributed by atoms with E-state index in [2.05, 4.69) is 13.8 Å². The molecule has 186 valence electrons. The van der Waals surface area contributed by atoms with E-state index >= 15 is 0 Å². The normalized spacial score (nSPS) is 11.1. The average molecular weight is 622 g/mol. The van der Waals surface area contributed by atoms with E-state index in [1.54, 1.807) is 62.3 Å². The molecule has 0 saturated carbocycles. The van der Waals surface area contributed by atoms with Gasteiger partial charge in [0.25, 0.3) is 0 Å². The minimum absolute atomic E-state index is 0.149. The first-order valence-electron chi connectivity index (χ1n) is 10.8. The second-order valence-corrected chi connectivity index (χ2v) is 17.6. The van der Waals surface area contributed by atoms with Crippen molar-refractivity contribution in [1.29, 1.82) is 0 Å². The smallest absolute Gasteiger partial charge is 0.377 e. The first-order valence-corrected chi connectivity index (χ1v) is 19.6. The summed E-state index contributed by atoms with van der Waals surface area (Å²) >= 11 is 9.54. The van der Waals surface area contributed by atoms with Crippen LogP contribution in [0.1, 0.15) is 52.4 Å². The summed E-state index contributed by atoms with van der Waals surface area (Å²) in [4.78, 5) is 0. The van der Waals surface area contributed by atoms with E-state index in [9.17, 15) is 0 Å². The van der Waals surface area contributed by atoms with Crippen molar-refractivity contribution < 1.29 is 26.6 Å². The standard InChI is InChI=1S/2C6H14O3SSi.2C4H9.Sn/c2*1-7-11(8-2,9-3)6-4-5-10;2*1-3-4-2;/h2*5H,4,6H2,1-3H3;2*1,3-4H2,2H3;. The molecule has 0 fully saturated rings. The van der Waals surface area contributed by atoms with Gasteiger partial charge in [-0.1, -0.05) is 24.4 Å². The van der Waals surface area contributed by atoms with Gasteiger partial charge in [-0.05, 0) is 23.6 Å². The first-order chi connectivity index (χ1) is 14.9. The molecule has 0 aliphatic carbocycles. The first kappa shape index (κ1) is 36.7. The molecule has 0 spiro atoms. The molecular weight excluding hydrogens is 575 g/mol. The van der Waals surface area contributed by atoms with Gasteiger partial charge in [0.1, 0.15) is 0 Å². The quantitative estimate of drug-likeness (QED) is 0.111. The number of unbranched alkanes of at least 4 members (excludes halogenated alkanes) is 2. The van der Waals surface area contributed by atoms with Crippen molar-refractivity contribution in [3.05, 3.63) is 0 Å². The Bertz CT molecular complexity index is 340. The fraction of sp³-hybridized carbons (Fsp3) is 0.900. The molecule has 2 radical (unpaired) electrons. The van der Waals surface area contributed by atoms with E-state index in [0.29, 0.717) is 0 Å². The molecule has 0 aliphatic rings. The van der Waals surface area contributed by atoms with Gasteiger partial charge in [-0.25, -0.2) is 0 Å². The zero-order valence-electron chi connectivity index (χ0n) is 21.0. The Kier molecular flexibility index (Phi) is 32.5. The van der Waals surface area contributed by atoms with Crippen LogP contribution in [0.5, 0.6) is 0 Å². The van der Waals surface area contributed by atoms with Gasteiger partial charge in [0.05, 0.1) is 0 Å². The number of thiocarbonyl (C=S) groups is 2. The van der Waals surface area contributed by atoms with Gasteiger partial charge in [-0.15, -0.1) is 0 Å². The van der Waals surface area contributed by atoms with Gasteiger partial charge < -0.3 is 26.6 Å². The number of rotatable bonds is 18. The number of hydrogen-bond donors (Lipinski definition) is 0. The Labute approximate surface area is 215 Å². The Balaban J connectivity index is -0.000000382. The average Bonchev–Trinajstić information content (AvgIpc) is 2.82. The summed E-state index contributed by atoms with van der Waals surface area (Å²) in [6.45, 7) is 4.58. The molecule has 0 saturated heterocycles. The van der Waals surface area contributed by atoms with Gasteiger partial charge in [-0.2, -0.15) is 0 Å². The van der Waals surface area contributed by atoms with Crippen LogP contribution in [0, 0.1) is 0 Å². The molecule has 0 rings (SSSR count). The van der Waals surface area contributed by atoms with Crippen LogP contribution in [0.25, 0.3) is 0 Å². The summed E-state index contributed by atoms with van der Waals surface area (Å²) in [6, 6.07) is 1.50. The third-order valence-electron chi connectivity index (χ3n) is 4.42. The van der Waals surface area contributed by atoms with Gasteiger partial charge >= 0.3 is 87.2 Å². The molecule has 0 aliphatic heterocycles. The minimum Gasteiger partial charge on any atom is -0.377 e. The summed E-state index contributed by atoms with van der Waals surface area (Å²) in [6.07, 6.45) is 7.42. The third kappa shape index (κ3) is 21.4. The predicted octanol–water partition coefficient (Wildman–Crippen LogP) is 5.64. The Morgan fingerprint density at radius 2 is 0.903 bits per heavy atom. The van der Waals surface area contributed by atoms with E-state index in [1.165, 1.54) is 25.7 Å². The van der Waals surface area contributed by atoms with Crippen molar-refractivity contribution in [2.24, 2.45) is 0 Å². The van der Waals surface area contributed by atoms with E-state index in [0.717, 1.165) is 24.9 Å². The molecule has 0 aromatic carbocycles. The van der Waals surface area contributed by atoms with Gasteiger partial charge in [0.15, 0.2) is 0 Å². The summed E-state index contributed by atoms with van der Waals surface area (Å²) in [5.41, 5.74) is 0. The van der Waals surface area contributed by atoms with Crippen LogP contribution in [0.2, 0.25) is 21.0 Å². The van der Waals surface area contributed by atoms with Crippen LogP contribution in [0.4, 0.5) is 0 Å². The van der Waals surface area contributed by atoms with Crippen molar-refractivity contribution in [2.45, 2.75) is 73.3 Å². The molecule has 31 heavy (non-hydrogen) atoms. The molecule has 0 atom stereocenters. The predicted molar refractivity (Wildman–Crippen MR) is 145 cm³/mol. The molecule has 0 aromatic rings. The molecule has 11 heteroatoms. The molecule has 0 N–H and O–H groups in total. The number of hydrogen-bond acceptors (Lipinski definition) is 8. The van der Waals surface area contributed by atoms with E-state index in [4.69, 9.17) is 51.0 Å². The van der Waals surface area contributed by atoms with Crippen LogP contribution in [-0.2, 0) is 26.6 Å². The Morgan fingerprint density at radius 1 is 0.613 bits per heavy atom. The molecule has 0 heterocycles. The van der Waals surface area contributed by atoms with E-state index in [1.807, 2.05) is 0 Å². The Hall–Kier alpha value is 1.17. The second-order valence-electron chi connectivity index (χ2n) is 6.46. The minimum atomic E-state index is -2.34. The summed E-state index contributed by atoms with van der Waals surface area (Å²) < 4.78 is 34.2. The van der Waals surface area contributed by atoms with E-state index in [-0.39, 0.29) is 21.1 Å². The van der Waals surface area contributed by atoms with Crippen LogP contribution >= 0.6 is 24.4 Å². The maximum Gasteiger partial charge on any atom is 0.500 e. The Morgan fingerprint density at radius 3 is 1.10 bits per heavy atom. The van der Waals surface area contributed by atoms with E-state index < -0.39 is 17.6 Å². The molecule has 0 bridgehead atoms. The van der Waals surface area contributed by atoms with Crippen molar-refractivity contribution in [2.75, 3.05) is 42.7 Å². The van der Waals surface area contributed by atoms with Crippen molar-refractivity contribution in [3.8, 4) is 0 Å². The molecular formula is C20H46O6S2Si2Sn. The zero-order valence-corrected chi connectivity index (χ0v) is 27.5. The maximum atomic E-state index is 5.17. The van der Waals surface area contributed by atoms with Crippen molar-refractivity contribution in [3.63, 3.8) is 0 Å². The second kappa shape index (κ2) is 27.4. The molecule has 0 aromatic heterocycles. The zero-order chi connectivity index (χ0) is 24.4. The van der Waals surface area contributed by atoms with Gasteiger partial charge in [0.2, 0.25) is 0 Å². The van der Waals surface area contributed by atoms with Crippen LogP contribution in [0.3, 0.4) is 0 Å². The van der Waals surface area contributed by atoms with Crippen LogP contribution in [0.15, 0.2) is 0 Å². The fourth-order valence-corrected chi connectivity index (χ4v) is 10.3. The van der Waals surface area contributed by atoms with Crippen molar-refractivity contribution >= 4 is 73.9 Å². The monoisotopic (exact) mass is 622 g/mol. The summed E-state index contributed by atoms with van der Waals surface area (Å²) in [7, 11) is 4.93. The largest absolute Gasteiger partial charge is 0.500 e.